The van der Waals surface area contributed by atoms with Gasteiger partial charge in [0.2, 0.25) is 0 Å². The van der Waals surface area contributed by atoms with Gasteiger partial charge >= 0.3 is 0 Å². The molecule has 4 nitrogen and oxygen atoms in total. The van der Waals surface area contributed by atoms with Crippen molar-refractivity contribution < 1.29 is 9.90 Å². The monoisotopic (exact) mass is 286 g/mol. The molecule has 0 aromatic heterocycles. The van der Waals surface area contributed by atoms with Gasteiger partial charge in [-0.15, -0.1) is 0 Å². The molecule has 1 fully saturated rings. The Balaban J connectivity index is 2.14. The molecule has 4 heteroatoms. The van der Waals surface area contributed by atoms with Gasteiger partial charge in [-0.25, -0.2) is 0 Å². The molecule has 0 heterocycles. The maximum absolute atomic E-state index is 11.7. The van der Waals surface area contributed by atoms with Crippen molar-refractivity contribution in [1.29, 1.82) is 5.26 Å². The Morgan fingerprint density at radius 3 is 2.57 bits per heavy atom. The van der Waals surface area contributed by atoms with Gasteiger partial charge in [-0.1, -0.05) is 25.7 Å². The summed E-state index contributed by atoms with van der Waals surface area (Å²) >= 11 is 0. The van der Waals surface area contributed by atoms with Crippen molar-refractivity contribution in [2.24, 2.45) is 0 Å². The number of hydrogen-bond acceptors (Lipinski definition) is 4. The van der Waals surface area contributed by atoms with Crippen molar-refractivity contribution in [2.75, 3.05) is 11.9 Å². The maximum atomic E-state index is 11.7. The molecule has 1 aliphatic carbocycles. The number of nitrogens with one attached hydrogen (secondary N) is 1. The van der Waals surface area contributed by atoms with E-state index in [1.807, 2.05) is 0 Å². The predicted octanol–water partition coefficient (Wildman–Crippen LogP) is 3.26. The highest BCUT2D eigenvalue weighted by Gasteiger charge is 2.28. The lowest BCUT2D eigenvalue weighted by atomic mass is 9.94. The van der Waals surface area contributed by atoms with E-state index in [9.17, 15) is 9.90 Å². The molecule has 0 bridgehead atoms. The van der Waals surface area contributed by atoms with E-state index < -0.39 is 5.60 Å². The Hall–Kier alpha value is -1.86. The molecule has 1 aromatic carbocycles. The van der Waals surface area contributed by atoms with E-state index in [0.717, 1.165) is 25.7 Å². The Morgan fingerprint density at radius 2 is 2.00 bits per heavy atom. The van der Waals surface area contributed by atoms with E-state index in [1.54, 1.807) is 18.2 Å². The third-order valence-corrected chi connectivity index (χ3v) is 4.17. The van der Waals surface area contributed by atoms with Crippen molar-refractivity contribution in [3.8, 4) is 6.07 Å². The number of rotatable bonds is 4. The summed E-state index contributed by atoms with van der Waals surface area (Å²) in [6.07, 6.45) is 5.99. The number of carbonyl (C=O) groups excluding carboxylic acids is 1. The topological polar surface area (TPSA) is 73.1 Å². The van der Waals surface area contributed by atoms with Crippen LogP contribution in [0.15, 0.2) is 18.2 Å². The van der Waals surface area contributed by atoms with Gasteiger partial charge in [-0.05, 0) is 38.0 Å². The number of nitrogens with zero attached hydrogens (tertiary/aromatic N) is 1. The normalized spacial score (nSPS) is 17.6. The largest absolute Gasteiger partial charge is 0.388 e. The molecule has 0 spiro atoms. The van der Waals surface area contributed by atoms with Crippen LogP contribution in [-0.4, -0.2) is 23.0 Å². The third-order valence-electron chi connectivity index (χ3n) is 4.17. The van der Waals surface area contributed by atoms with E-state index in [2.05, 4.69) is 11.4 Å². The summed E-state index contributed by atoms with van der Waals surface area (Å²) in [5.41, 5.74) is 0.994. The fourth-order valence-electron chi connectivity index (χ4n) is 2.89. The lowest BCUT2D eigenvalue weighted by Crippen LogP contribution is -2.36. The fraction of sp³-hybridized carbons (Fsp3) is 0.529. The smallest absolute Gasteiger partial charge is 0.161 e. The second-order valence-electron chi connectivity index (χ2n) is 5.92. The van der Waals surface area contributed by atoms with Gasteiger partial charge < -0.3 is 10.4 Å². The molecule has 1 aliphatic rings. The van der Waals surface area contributed by atoms with Crippen LogP contribution in [0.1, 0.15) is 61.4 Å². The number of benzene rings is 1. The van der Waals surface area contributed by atoms with Crippen LogP contribution in [0.25, 0.3) is 0 Å². The molecule has 0 unspecified atom stereocenters. The third kappa shape index (κ3) is 4.05. The number of aliphatic hydroxyl groups is 1. The first-order chi connectivity index (χ1) is 10.0. The molecule has 21 heavy (non-hydrogen) atoms. The van der Waals surface area contributed by atoms with Crippen molar-refractivity contribution in [1.82, 2.24) is 0 Å². The van der Waals surface area contributed by atoms with Crippen molar-refractivity contribution in [2.45, 2.75) is 51.0 Å². The second-order valence-corrected chi connectivity index (χ2v) is 5.92. The summed E-state index contributed by atoms with van der Waals surface area (Å²) in [5.74, 6) is -0.0464. The zero-order chi connectivity index (χ0) is 15.3. The molecule has 2 rings (SSSR count). The van der Waals surface area contributed by atoms with E-state index in [1.165, 1.54) is 19.8 Å². The average molecular weight is 286 g/mol. The minimum Gasteiger partial charge on any atom is -0.388 e. The number of anilines is 1. The number of ketones is 1. The van der Waals surface area contributed by atoms with E-state index in [4.69, 9.17) is 5.26 Å². The molecule has 2 N–H and O–H groups in total. The van der Waals surface area contributed by atoms with Crippen LogP contribution >= 0.6 is 0 Å². The quantitative estimate of drug-likeness (QED) is 0.658. The fourth-order valence-corrected chi connectivity index (χ4v) is 2.89. The van der Waals surface area contributed by atoms with E-state index >= 15 is 0 Å². The summed E-state index contributed by atoms with van der Waals surface area (Å²) in [5, 5.41) is 22.8. The van der Waals surface area contributed by atoms with Crippen LogP contribution in [0.4, 0.5) is 5.69 Å². The van der Waals surface area contributed by atoms with Crippen molar-refractivity contribution in [3.63, 3.8) is 0 Å². The van der Waals surface area contributed by atoms with E-state index in [-0.39, 0.29) is 5.78 Å². The van der Waals surface area contributed by atoms with Crippen LogP contribution in [0.2, 0.25) is 0 Å². The molecular weight excluding hydrogens is 264 g/mol. The van der Waals surface area contributed by atoms with Gasteiger partial charge in [-0.3, -0.25) is 4.79 Å². The highest BCUT2D eigenvalue weighted by atomic mass is 16.3. The molecular formula is C17H22N2O2. The number of carbonyl (C=O) groups is 1. The van der Waals surface area contributed by atoms with Crippen molar-refractivity contribution >= 4 is 11.5 Å². The first-order valence-corrected chi connectivity index (χ1v) is 7.55. The Bertz CT molecular complexity index is 552. The molecule has 0 atom stereocenters. The predicted molar refractivity (Wildman–Crippen MR) is 82.3 cm³/mol. The summed E-state index contributed by atoms with van der Waals surface area (Å²) in [6.45, 7) is 1.93. The van der Waals surface area contributed by atoms with Crippen LogP contribution in [0, 0.1) is 11.3 Å². The first kappa shape index (κ1) is 15.5. The Labute approximate surface area is 125 Å². The van der Waals surface area contributed by atoms with Gasteiger partial charge in [0.1, 0.15) is 0 Å². The zero-order valence-electron chi connectivity index (χ0n) is 12.5. The number of hydrogen-bond donors (Lipinski definition) is 2. The number of Topliss-reactive ketones (excluding diaryl/α,β-unsaturated/α-hetero) is 1. The molecule has 0 amide bonds. The van der Waals surface area contributed by atoms with Crippen molar-refractivity contribution in [3.05, 3.63) is 29.3 Å². The first-order valence-electron chi connectivity index (χ1n) is 7.55. The van der Waals surface area contributed by atoms with Gasteiger partial charge in [0, 0.05) is 17.8 Å². The van der Waals surface area contributed by atoms with Gasteiger partial charge in [0.15, 0.2) is 5.78 Å². The highest BCUT2D eigenvalue weighted by Crippen LogP contribution is 2.28. The Kier molecular flexibility index (Phi) is 4.98. The summed E-state index contributed by atoms with van der Waals surface area (Å²) < 4.78 is 0. The second kappa shape index (κ2) is 6.73. The maximum Gasteiger partial charge on any atom is 0.161 e. The summed E-state index contributed by atoms with van der Waals surface area (Å²) in [4.78, 5) is 11.7. The summed E-state index contributed by atoms with van der Waals surface area (Å²) in [7, 11) is 0. The van der Waals surface area contributed by atoms with Gasteiger partial charge in [0.25, 0.3) is 0 Å². The zero-order valence-corrected chi connectivity index (χ0v) is 12.5. The molecule has 1 saturated carbocycles. The van der Waals surface area contributed by atoms with Gasteiger partial charge in [-0.2, -0.15) is 5.26 Å². The molecule has 1 aromatic rings. The molecule has 0 radical (unpaired) electrons. The lowest BCUT2D eigenvalue weighted by molar-refractivity contribution is 0.0381. The number of nitriles is 1. The molecule has 0 saturated heterocycles. The lowest BCUT2D eigenvalue weighted by Gasteiger charge is -2.27. The highest BCUT2D eigenvalue weighted by molar-refractivity contribution is 5.99. The standard InChI is InChI=1S/C17H22N2O2/c1-13(20)15-7-6-14(11-18)10-16(15)19-12-17(21)8-4-2-3-5-9-17/h6-7,10,19,21H,2-5,8-9,12H2,1H3. The molecule has 0 aliphatic heterocycles. The minimum absolute atomic E-state index is 0.0464. The minimum atomic E-state index is -0.715. The SMILES string of the molecule is CC(=O)c1ccc(C#N)cc1NCC1(O)CCCCCC1. The van der Waals surface area contributed by atoms with Crippen LogP contribution in [0.5, 0.6) is 0 Å². The van der Waals surface area contributed by atoms with Crippen LogP contribution < -0.4 is 5.32 Å². The average Bonchev–Trinajstić information content (AvgIpc) is 2.70. The summed E-state index contributed by atoms with van der Waals surface area (Å²) in [6, 6.07) is 7.06. The van der Waals surface area contributed by atoms with Crippen LogP contribution in [0.3, 0.4) is 0 Å². The van der Waals surface area contributed by atoms with E-state index in [0.29, 0.717) is 23.4 Å². The van der Waals surface area contributed by atoms with Crippen LogP contribution in [-0.2, 0) is 0 Å². The molecule has 112 valence electrons. The Morgan fingerprint density at radius 1 is 1.33 bits per heavy atom. The van der Waals surface area contributed by atoms with Gasteiger partial charge in [0.05, 0.1) is 17.2 Å².